The van der Waals surface area contributed by atoms with Crippen molar-refractivity contribution in [3.05, 3.63) is 29.3 Å². The average Bonchev–Trinajstić information content (AvgIpc) is 2.38. The van der Waals surface area contributed by atoms with E-state index < -0.39 is 0 Å². The molecule has 0 saturated carbocycles. The van der Waals surface area contributed by atoms with E-state index in [2.05, 4.69) is 16.4 Å². The maximum Gasteiger partial charge on any atom is 0.145 e. The van der Waals surface area contributed by atoms with Crippen molar-refractivity contribution in [2.45, 2.75) is 6.92 Å². The van der Waals surface area contributed by atoms with Gasteiger partial charge in [0.15, 0.2) is 0 Å². The Labute approximate surface area is 99.8 Å². The summed E-state index contributed by atoms with van der Waals surface area (Å²) in [5.74, 6) is 1.29. The van der Waals surface area contributed by atoms with E-state index in [9.17, 15) is 0 Å². The van der Waals surface area contributed by atoms with Gasteiger partial charge < -0.3 is 10.1 Å². The minimum absolute atomic E-state index is 0.538. The highest BCUT2D eigenvalue weighted by atomic mass is 16.5. The summed E-state index contributed by atoms with van der Waals surface area (Å²) in [6.07, 6.45) is 0. The van der Waals surface area contributed by atoms with Crippen LogP contribution in [0.5, 0.6) is 5.75 Å². The van der Waals surface area contributed by atoms with Gasteiger partial charge in [-0.15, -0.1) is 0 Å². The van der Waals surface area contributed by atoms with E-state index in [-0.39, 0.29) is 0 Å². The standard InChI is InChI=1S/C13H13N3O/c1-8-4-5-11(17-3)12-10(8)6-9(7-14)13(15-2)16-12/h4-6H,1-3H3,(H,15,16). The summed E-state index contributed by atoms with van der Waals surface area (Å²) in [4.78, 5) is 4.44. The average molecular weight is 227 g/mol. The molecule has 0 radical (unpaired) electrons. The van der Waals surface area contributed by atoms with Gasteiger partial charge in [-0.05, 0) is 24.6 Å². The number of ether oxygens (including phenoxy) is 1. The maximum absolute atomic E-state index is 9.07. The molecule has 0 aliphatic carbocycles. The van der Waals surface area contributed by atoms with Crippen molar-refractivity contribution >= 4 is 16.7 Å². The Kier molecular flexibility index (Phi) is 2.84. The summed E-state index contributed by atoms with van der Waals surface area (Å²) >= 11 is 0. The third-order valence-electron chi connectivity index (χ3n) is 2.74. The quantitative estimate of drug-likeness (QED) is 0.856. The predicted octanol–water partition coefficient (Wildman–Crippen LogP) is 2.47. The zero-order chi connectivity index (χ0) is 12.4. The van der Waals surface area contributed by atoms with Gasteiger partial charge in [-0.1, -0.05) is 6.07 Å². The lowest BCUT2D eigenvalue weighted by atomic mass is 10.1. The van der Waals surface area contributed by atoms with Crippen molar-refractivity contribution in [3.63, 3.8) is 0 Å². The topological polar surface area (TPSA) is 57.9 Å². The molecule has 2 aromatic rings. The van der Waals surface area contributed by atoms with Crippen LogP contribution in [-0.4, -0.2) is 19.1 Å². The molecular formula is C13H13N3O. The van der Waals surface area contributed by atoms with Gasteiger partial charge >= 0.3 is 0 Å². The number of hydrogen-bond donors (Lipinski definition) is 1. The molecule has 0 amide bonds. The molecule has 17 heavy (non-hydrogen) atoms. The fourth-order valence-electron chi connectivity index (χ4n) is 1.81. The minimum atomic E-state index is 0.538. The van der Waals surface area contributed by atoms with Crippen LogP contribution in [0.2, 0.25) is 0 Å². The molecule has 0 unspecified atom stereocenters. The highest BCUT2D eigenvalue weighted by Gasteiger charge is 2.10. The summed E-state index contributed by atoms with van der Waals surface area (Å²) in [5, 5.41) is 12.9. The zero-order valence-corrected chi connectivity index (χ0v) is 10.0. The van der Waals surface area contributed by atoms with Crippen LogP contribution in [0.15, 0.2) is 18.2 Å². The smallest absolute Gasteiger partial charge is 0.145 e. The van der Waals surface area contributed by atoms with Gasteiger partial charge in [0.1, 0.15) is 23.2 Å². The van der Waals surface area contributed by atoms with Crippen LogP contribution in [0.1, 0.15) is 11.1 Å². The summed E-state index contributed by atoms with van der Waals surface area (Å²) < 4.78 is 5.28. The van der Waals surface area contributed by atoms with E-state index in [1.807, 2.05) is 25.1 Å². The maximum atomic E-state index is 9.07. The lowest BCUT2D eigenvalue weighted by Gasteiger charge is -2.10. The molecule has 0 aliphatic rings. The van der Waals surface area contributed by atoms with Crippen molar-refractivity contribution in [1.82, 2.24) is 4.98 Å². The van der Waals surface area contributed by atoms with Crippen LogP contribution in [0.4, 0.5) is 5.82 Å². The number of rotatable bonds is 2. The number of nitrogens with zero attached hydrogens (tertiary/aromatic N) is 2. The summed E-state index contributed by atoms with van der Waals surface area (Å²) in [7, 11) is 3.36. The van der Waals surface area contributed by atoms with Gasteiger partial charge in [0.25, 0.3) is 0 Å². The molecule has 0 spiro atoms. The van der Waals surface area contributed by atoms with E-state index in [1.54, 1.807) is 14.2 Å². The van der Waals surface area contributed by atoms with Crippen molar-refractivity contribution in [2.24, 2.45) is 0 Å². The Morgan fingerprint density at radius 3 is 2.76 bits per heavy atom. The van der Waals surface area contributed by atoms with Gasteiger partial charge in [-0.3, -0.25) is 0 Å². The summed E-state index contributed by atoms with van der Waals surface area (Å²) in [6.45, 7) is 1.99. The van der Waals surface area contributed by atoms with Gasteiger partial charge in [-0.25, -0.2) is 4.98 Å². The highest BCUT2D eigenvalue weighted by Crippen LogP contribution is 2.29. The minimum Gasteiger partial charge on any atom is -0.494 e. The first-order valence-corrected chi connectivity index (χ1v) is 5.27. The number of fused-ring (bicyclic) bond motifs is 1. The van der Waals surface area contributed by atoms with E-state index in [4.69, 9.17) is 10.00 Å². The number of anilines is 1. The molecule has 1 aromatic carbocycles. The molecule has 0 bridgehead atoms. The Hall–Kier alpha value is -2.28. The molecule has 1 heterocycles. The number of aromatic nitrogens is 1. The first-order valence-electron chi connectivity index (χ1n) is 5.27. The van der Waals surface area contributed by atoms with Crippen LogP contribution in [0.25, 0.3) is 10.9 Å². The van der Waals surface area contributed by atoms with Gasteiger partial charge in [0.2, 0.25) is 0 Å². The van der Waals surface area contributed by atoms with Crippen molar-refractivity contribution in [3.8, 4) is 11.8 Å². The molecule has 0 atom stereocenters. The van der Waals surface area contributed by atoms with Crippen LogP contribution in [0.3, 0.4) is 0 Å². The first-order chi connectivity index (χ1) is 8.21. The second-order valence-electron chi connectivity index (χ2n) is 3.73. The molecule has 0 saturated heterocycles. The lowest BCUT2D eigenvalue weighted by molar-refractivity contribution is 0.419. The molecule has 2 rings (SSSR count). The van der Waals surface area contributed by atoms with Crippen molar-refractivity contribution in [1.29, 1.82) is 5.26 Å². The Balaban J connectivity index is 2.87. The second-order valence-corrected chi connectivity index (χ2v) is 3.73. The molecule has 4 nitrogen and oxygen atoms in total. The second kappa shape index (κ2) is 4.30. The number of pyridine rings is 1. The highest BCUT2D eigenvalue weighted by molar-refractivity contribution is 5.90. The van der Waals surface area contributed by atoms with Crippen LogP contribution >= 0.6 is 0 Å². The molecular weight excluding hydrogens is 214 g/mol. The monoisotopic (exact) mass is 227 g/mol. The SMILES string of the molecule is CNc1nc2c(OC)ccc(C)c2cc1C#N. The predicted molar refractivity (Wildman–Crippen MR) is 67.3 cm³/mol. The van der Waals surface area contributed by atoms with Crippen LogP contribution in [-0.2, 0) is 0 Å². The van der Waals surface area contributed by atoms with E-state index in [0.717, 1.165) is 16.5 Å². The summed E-state index contributed by atoms with van der Waals surface area (Å²) in [5.41, 5.74) is 2.39. The number of hydrogen-bond acceptors (Lipinski definition) is 4. The third-order valence-corrected chi connectivity index (χ3v) is 2.74. The largest absolute Gasteiger partial charge is 0.494 e. The number of nitriles is 1. The molecule has 1 N–H and O–H groups in total. The molecule has 1 aromatic heterocycles. The van der Waals surface area contributed by atoms with E-state index in [0.29, 0.717) is 17.1 Å². The van der Waals surface area contributed by atoms with Crippen molar-refractivity contribution < 1.29 is 4.74 Å². The molecule has 0 aliphatic heterocycles. The third kappa shape index (κ3) is 1.76. The van der Waals surface area contributed by atoms with Gasteiger partial charge in [-0.2, -0.15) is 5.26 Å². The lowest BCUT2D eigenvalue weighted by Crippen LogP contribution is -1.98. The number of benzene rings is 1. The van der Waals surface area contributed by atoms with Crippen molar-refractivity contribution in [2.75, 3.05) is 19.5 Å². The molecule has 86 valence electrons. The van der Waals surface area contributed by atoms with E-state index in [1.165, 1.54) is 0 Å². The normalized spacial score (nSPS) is 10.0. The summed E-state index contributed by atoms with van der Waals surface area (Å²) in [6, 6.07) is 7.82. The molecule has 0 fully saturated rings. The Bertz CT molecular complexity index is 614. The van der Waals surface area contributed by atoms with Gasteiger partial charge in [0.05, 0.1) is 12.7 Å². The Morgan fingerprint density at radius 2 is 2.18 bits per heavy atom. The Morgan fingerprint density at radius 1 is 1.41 bits per heavy atom. The van der Waals surface area contributed by atoms with Crippen LogP contribution < -0.4 is 10.1 Å². The number of methoxy groups -OCH3 is 1. The fraction of sp³-hybridized carbons (Fsp3) is 0.231. The molecule has 4 heteroatoms. The number of aryl methyl sites for hydroxylation is 1. The van der Waals surface area contributed by atoms with Gasteiger partial charge in [0, 0.05) is 12.4 Å². The van der Waals surface area contributed by atoms with Crippen LogP contribution in [0, 0.1) is 18.3 Å². The fourth-order valence-corrected chi connectivity index (χ4v) is 1.81. The first kappa shape index (κ1) is 11.2. The zero-order valence-electron chi connectivity index (χ0n) is 10.0. The van der Waals surface area contributed by atoms with E-state index >= 15 is 0 Å². The number of nitrogens with one attached hydrogen (secondary N) is 1.